The number of benzene rings is 2. The Labute approximate surface area is 182 Å². The van der Waals surface area contributed by atoms with Gasteiger partial charge >= 0.3 is 0 Å². The number of anilines is 1. The van der Waals surface area contributed by atoms with E-state index < -0.39 is 10.0 Å². The molecular weight excluding hydrogens is 474 g/mol. The second kappa shape index (κ2) is 8.74. The molecule has 0 aliphatic rings. The lowest BCUT2D eigenvalue weighted by Gasteiger charge is -2.14. The minimum atomic E-state index is -3.57. The van der Waals surface area contributed by atoms with Gasteiger partial charge in [0.25, 0.3) is 0 Å². The largest absolute Gasteiger partial charge is 0.325 e. The summed E-state index contributed by atoms with van der Waals surface area (Å²) in [5.74, 6) is -0.251. The highest BCUT2D eigenvalue weighted by Crippen LogP contribution is 2.27. The van der Waals surface area contributed by atoms with Crippen molar-refractivity contribution < 1.29 is 13.2 Å². The van der Waals surface area contributed by atoms with Gasteiger partial charge in [-0.05, 0) is 36.8 Å². The lowest BCUT2D eigenvalue weighted by atomic mass is 10.2. The summed E-state index contributed by atoms with van der Waals surface area (Å²) in [6, 6.07) is 12.5. The number of sulfonamides is 1. The SMILES string of the molecule is Cc1ccc(S(=O)(=O)N(C)C)cc1NC(=O)Cc1csc(-c2cccc(Br)c2)n1. The van der Waals surface area contributed by atoms with Crippen molar-refractivity contribution in [2.45, 2.75) is 18.2 Å². The maximum Gasteiger partial charge on any atom is 0.242 e. The molecule has 0 aliphatic carbocycles. The van der Waals surface area contributed by atoms with Crippen LogP contribution in [0.15, 0.2) is 57.2 Å². The molecule has 3 rings (SSSR count). The zero-order valence-electron chi connectivity index (χ0n) is 16.1. The van der Waals surface area contributed by atoms with Crippen molar-refractivity contribution >= 4 is 48.9 Å². The molecule has 1 N–H and O–H groups in total. The molecule has 0 radical (unpaired) electrons. The number of nitrogens with one attached hydrogen (secondary N) is 1. The van der Waals surface area contributed by atoms with E-state index in [1.807, 2.05) is 36.6 Å². The van der Waals surface area contributed by atoms with Crippen molar-refractivity contribution in [3.05, 3.63) is 63.6 Å². The highest BCUT2D eigenvalue weighted by Gasteiger charge is 2.19. The maximum atomic E-state index is 12.5. The van der Waals surface area contributed by atoms with Gasteiger partial charge in [-0.1, -0.05) is 34.1 Å². The molecule has 29 heavy (non-hydrogen) atoms. The first-order chi connectivity index (χ1) is 13.7. The average molecular weight is 494 g/mol. The van der Waals surface area contributed by atoms with Crippen molar-refractivity contribution in [1.29, 1.82) is 0 Å². The van der Waals surface area contributed by atoms with Crippen molar-refractivity contribution in [3.63, 3.8) is 0 Å². The summed E-state index contributed by atoms with van der Waals surface area (Å²) >= 11 is 4.92. The van der Waals surface area contributed by atoms with E-state index in [2.05, 4.69) is 26.2 Å². The molecule has 1 amide bonds. The minimum absolute atomic E-state index is 0.106. The Morgan fingerprint density at radius 3 is 2.66 bits per heavy atom. The van der Waals surface area contributed by atoms with Crippen molar-refractivity contribution in [3.8, 4) is 10.6 Å². The van der Waals surface area contributed by atoms with Crippen LogP contribution in [0.2, 0.25) is 0 Å². The Morgan fingerprint density at radius 2 is 1.97 bits per heavy atom. The number of rotatable bonds is 6. The number of hydrogen-bond donors (Lipinski definition) is 1. The van der Waals surface area contributed by atoms with Crippen LogP contribution < -0.4 is 5.32 Å². The Balaban J connectivity index is 1.75. The van der Waals surface area contributed by atoms with E-state index in [1.54, 1.807) is 6.07 Å². The lowest BCUT2D eigenvalue weighted by molar-refractivity contribution is -0.115. The molecule has 0 aliphatic heterocycles. The van der Waals surface area contributed by atoms with E-state index in [-0.39, 0.29) is 17.2 Å². The minimum Gasteiger partial charge on any atom is -0.325 e. The molecule has 1 heterocycles. The number of aromatic nitrogens is 1. The van der Waals surface area contributed by atoms with Crippen LogP contribution in [0.3, 0.4) is 0 Å². The number of halogens is 1. The van der Waals surface area contributed by atoms with Crippen molar-refractivity contribution in [1.82, 2.24) is 9.29 Å². The zero-order valence-corrected chi connectivity index (χ0v) is 19.4. The van der Waals surface area contributed by atoms with E-state index in [0.717, 1.165) is 24.9 Å². The number of amides is 1. The van der Waals surface area contributed by atoms with Gasteiger partial charge in [0, 0.05) is 35.2 Å². The van der Waals surface area contributed by atoms with E-state index in [1.165, 1.54) is 37.6 Å². The van der Waals surface area contributed by atoms with E-state index in [4.69, 9.17) is 0 Å². The smallest absolute Gasteiger partial charge is 0.242 e. The Hall–Kier alpha value is -2.07. The van der Waals surface area contributed by atoms with Gasteiger partial charge in [-0.15, -0.1) is 11.3 Å². The third-order valence-electron chi connectivity index (χ3n) is 4.23. The summed E-state index contributed by atoms with van der Waals surface area (Å²) in [5, 5.41) is 5.50. The monoisotopic (exact) mass is 493 g/mol. The quantitative estimate of drug-likeness (QED) is 0.554. The normalized spacial score (nSPS) is 11.6. The summed E-state index contributed by atoms with van der Waals surface area (Å²) in [7, 11) is -0.633. The number of nitrogens with zero attached hydrogens (tertiary/aromatic N) is 2. The topological polar surface area (TPSA) is 79.4 Å². The van der Waals surface area contributed by atoms with Crippen molar-refractivity contribution in [2.75, 3.05) is 19.4 Å². The van der Waals surface area contributed by atoms with Gasteiger partial charge in [-0.2, -0.15) is 0 Å². The van der Waals surface area contributed by atoms with Crippen molar-refractivity contribution in [2.24, 2.45) is 0 Å². The van der Waals surface area contributed by atoms with Crippen LogP contribution in [-0.2, 0) is 21.2 Å². The molecule has 3 aromatic rings. The summed E-state index contributed by atoms with van der Waals surface area (Å²) < 4.78 is 26.8. The van der Waals surface area contributed by atoms with Crippen LogP contribution >= 0.6 is 27.3 Å². The fourth-order valence-electron chi connectivity index (χ4n) is 2.61. The van der Waals surface area contributed by atoms with Gasteiger partial charge in [0.15, 0.2) is 0 Å². The van der Waals surface area contributed by atoms with Crippen LogP contribution in [0.4, 0.5) is 5.69 Å². The van der Waals surface area contributed by atoms with Gasteiger partial charge < -0.3 is 5.32 Å². The molecular formula is C20H20BrN3O3S2. The third kappa shape index (κ3) is 5.11. The average Bonchev–Trinajstić information content (AvgIpc) is 3.11. The molecule has 0 bridgehead atoms. The molecule has 1 aromatic heterocycles. The van der Waals surface area contributed by atoms with Crippen LogP contribution in [-0.4, -0.2) is 37.7 Å². The van der Waals surface area contributed by atoms with Gasteiger partial charge in [-0.25, -0.2) is 17.7 Å². The molecule has 0 saturated carbocycles. The first-order valence-electron chi connectivity index (χ1n) is 8.70. The second-order valence-corrected chi connectivity index (χ2v) is 10.6. The standard InChI is InChI=1S/C20H20BrN3O3S2/c1-13-7-8-17(29(26,27)24(2)3)11-18(13)23-19(25)10-16-12-28-20(22-16)14-5-4-6-15(21)9-14/h4-9,11-12H,10H2,1-3H3,(H,23,25). The molecule has 0 fully saturated rings. The number of aryl methyl sites for hydroxylation is 1. The van der Waals surface area contributed by atoms with Gasteiger partial charge in [0.2, 0.25) is 15.9 Å². The number of hydrogen-bond acceptors (Lipinski definition) is 5. The summed E-state index contributed by atoms with van der Waals surface area (Å²) in [5.41, 5.74) is 2.90. The number of thiazole rings is 1. The third-order valence-corrected chi connectivity index (χ3v) is 7.47. The molecule has 0 unspecified atom stereocenters. The number of carbonyl (C=O) groups excluding carboxylic acids is 1. The Bertz CT molecular complexity index is 1160. The predicted octanol–water partition coefficient (Wildman–Crippen LogP) is 4.31. The first kappa shape index (κ1) is 21.6. The van der Waals surface area contributed by atoms with E-state index in [0.29, 0.717) is 11.4 Å². The highest BCUT2D eigenvalue weighted by atomic mass is 79.9. The summed E-state index contributed by atoms with van der Waals surface area (Å²) in [6.07, 6.45) is 0.106. The lowest BCUT2D eigenvalue weighted by Crippen LogP contribution is -2.22. The fraction of sp³-hybridized carbons (Fsp3) is 0.200. The van der Waals surface area contributed by atoms with Crippen LogP contribution in [0, 0.1) is 6.92 Å². The fourth-order valence-corrected chi connectivity index (χ4v) is 4.75. The van der Waals surface area contributed by atoms with Gasteiger partial charge in [-0.3, -0.25) is 4.79 Å². The predicted molar refractivity (Wildman–Crippen MR) is 120 cm³/mol. The number of carbonyl (C=O) groups is 1. The molecule has 9 heteroatoms. The summed E-state index contributed by atoms with van der Waals surface area (Å²) in [4.78, 5) is 17.2. The van der Waals surface area contributed by atoms with Crippen LogP contribution in [0.1, 0.15) is 11.3 Å². The van der Waals surface area contributed by atoms with E-state index >= 15 is 0 Å². The summed E-state index contributed by atoms with van der Waals surface area (Å²) in [6.45, 7) is 1.82. The Kier molecular flexibility index (Phi) is 6.52. The highest BCUT2D eigenvalue weighted by molar-refractivity contribution is 9.10. The molecule has 0 saturated heterocycles. The zero-order chi connectivity index (χ0) is 21.2. The van der Waals surface area contributed by atoms with Crippen LogP contribution in [0.5, 0.6) is 0 Å². The second-order valence-electron chi connectivity index (χ2n) is 6.64. The van der Waals surface area contributed by atoms with Gasteiger partial charge in [0.05, 0.1) is 17.0 Å². The maximum absolute atomic E-state index is 12.5. The van der Waals surface area contributed by atoms with E-state index in [9.17, 15) is 13.2 Å². The molecule has 0 spiro atoms. The molecule has 0 atom stereocenters. The van der Waals surface area contributed by atoms with Gasteiger partial charge in [0.1, 0.15) is 5.01 Å². The molecule has 2 aromatic carbocycles. The first-order valence-corrected chi connectivity index (χ1v) is 11.8. The molecule has 152 valence electrons. The van der Waals surface area contributed by atoms with Crippen LogP contribution in [0.25, 0.3) is 10.6 Å². The molecule has 6 nitrogen and oxygen atoms in total. The Morgan fingerprint density at radius 1 is 1.21 bits per heavy atom.